The molecule has 0 aromatic carbocycles. The average molecular weight is 319 g/mol. The molecule has 0 bridgehead atoms. The van der Waals surface area contributed by atoms with Gasteiger partial charge in [0, 0.05) is 33.3 Å². The quantitative estimate of drug-likeness (QED) is 0.802. The summed E-state index contributed by atoms with van der Waals surface area (Å²) in [6.45, 7) is 5.47. The SMILES string of the molecule is CNCC1CCN(S(=O)(=O)N2CCC(C)C(OC)C2)CC1. The fourth-order valence-electron chi connectivity index (χ4n) is 3.32. The first-order chi connectivity index (χ1) is 9.98. The summed E-state index contributed by atoms with van der Waals surface area (Å²) in [5.74, 6) is 1.01. The number of nitrogens with one attached hydrogen (secondary N) is 1. The number of hydrogen-bond donors (Lipinski definition) is 1. The van der Waals surface area contributed by atoms with E-state index in [0.717, 1.165) is 25.8 Å². The van der Waals surface area contributed by atoms with Gasteiger partial charge in [-0.1, -0.05) is 6.92 Å². The lowest BCUT2D eigenvalue weighted by atomic mass is 9.97. The molecule has 0 aromatic heterocycles. The second-order valence-electron chi connectivity index (χ2n) is 6.31. The summed E-state index contributed by atoms with van der Waals surface area (Å²) in [6, 6.07) is 0. The second-order valence-corrected chi connectivity index (χ2v) is 8.23. The molecule has 0 saturated carbocycles. The van der Waals surface area contributed by atoms with Crippen molar-refractivity contribution in [1.82, 2.24) is 13.9 Å². The topological polar surface area (TPSA) is 61.9 Å². The van der Waals surface area contributed by atoms with Gasteiger partial charge < -0.3 is 10.1 Å². The van der Waals surface area contributed by atoms with Crippen LogP contribution in [0.25, 0.3) is 0 Å². The Morgan fingerprint density at radius 3 is 2.33 bits per heavy atom. The first-order valence-electron chi connectivity index (χ1n) is 7.91. The van der Waals surface area contributed by atoms with Crippen LogP contribution in [-0.4, -0.2) is 70.0 Å². The number of hydrogen-bond acceptors (Lipinski definition) is 4. The lowest BCUT2D eigenvalue weighted by Crippen LogP contribution is -2.53. The van der Waals surface area contributed by atoms with Crippen molar-refractivity contribution in [2.75, 3.05) is 46.9 Å². The van der Waals surface area contributed by atoms with Crippen LogP contribution in [0.2, 0.25) is 0 Å². The van der Waals surface area contributed by atoms with Crippen LogP contribution < -0.4 is 5.32 Å². The molecular formula is C14H29N3O3S. The standard InChI is InChI=1S/C14H29N3O3S/c1-12-4-7-17(11-14(12)20-3)21(18,19)16-8-5-13(6-9-16)10-15-2/h12-15H,4-11H2,1-3H3. The third-order valence-corrected chi connectivity index (χ3v) is 6.88. The van der Waals surface area contributed by atoms with Crippen LogP contribution in [0.1, 0.15) is 26.2 Å². The minimum atomic E-state index is -3.32. The van der Waals surface area contributed by atoms with Gasteiger partial charge in [0.25, 0.3) is 10.2 Å². The van der Waals surface area contributed by atoms with E-state index >= 15 is 0 Å². The van der Waals surface area contributed by atoms with Crippen molar-refractivity contribution in [3.05, 3.63) is 0 Å². The van der Waals surface area contributed by atoms with E-state index in [1.54, 1.807) is 15.7 Å². The van der Waals surface area contributed by atoms with Gasteiger partial charge in [0.15, 0.2) is 0 Å². The van der Waals surface area contributed by atoms with Gasteiger partial charge in [-0.25, -0.2) is 0 Å². The number of nitrogens with zero attached hydrogens (tertiary/aromatic N) is 2. The van der Waals surface area contributed by atoms with E-state index in [4.69, 9.17) is 4.74 Å². The number of ether oxygens (including phenoxy) is 1. The van der Waals surface area contributed by atoms with Gasteiger partial charge in [0.05, 0.1) is 6.10 Å². The van der Waals surface area contributed by atoms with Crippen LogP contribution in [0.3, 0.4) is 0 Å². The van der Waals surface area contributed by atoms with Gasteiger partial charge in [-0.05, 0) is 44.7 Å². The van der Waals surface area contributed by atoms with Crippen LogP contribution in [0.5, 0.6) is 0 Å². The Kier molecular flexibility index (Phi) is 6.02. The van der Waals surface area contributed by atoms with Crippen LogP contribution in [-0.2, 0) is 14.9 Å². The van der Waals surface area contributed by atoms with Crippen LogP contribution in [0.4, 0.5) is 0 Å². The molecule has 0 radical (unpaired) electrons. The smallest absolute Gasteiger partial charge is 0.282 e. The van der Waals surface area contributed by atoms with Gasteiger partial charge in [-0.2, -0.15) is 17.0 Å². The van der Waals surface area contributed by atoms with E-state index in [-0.39, 0.29) is 6.10 Å². The number of rotatable bonds is 5. The molecule has 7 heteroatoms. The molecule has 124 valence electrons. The molecule has 2 aliphatic heterocycles. The average Bonchev–Trinajstić information content (AvgIpc) is 2.48. The molecule has 2 aliphatic rings. The van der Waals surface area contributed by atoms with Crippen molar-refractivity contribution in [3.63, 3.8) is 0 Å². The fraction of sp³-hybridized carbons (Fsp3) is 1.00. The van der Waals surface area contributed by atoms with Gasteiger partial charge in [-0.15, -0.1) is 0 Å². The van der Waals surface area contributed by atoms with E-state index in [9.17, 15) is 8.42 Å². The van der Waals surface area contributed by atoms with Crippen molar-refractivity contribution in [3.8, 4) is 0 Å². The summed E-state index contributed by atoms with van der Waals surface area (Å²) in [5.41, 5.74) is 0. The lowest BCUT2D eigenvalue weighted by molar-refractivity contribution is 0.0165. The van der Waals surface area contributed by atoms with Gasteiger partial charge in [-0.3, -0.25) is 0 Å². The van der Waals surface area contributed by atoms with Crippen LogP contribution in [0.15, 0.2) is 0 Å². The molecule has 2 heterocycles. The summed E-state index contributed by atoms with van der Waals surface area (Å²) in [4.78, 5) is 0. The zero-order valence-corrected chi connectivity index (χ0v) is 14.2. The molecule has 0 aromatic rings. The summed E-state index contributed by atoms with van der Waals surface area (Å²) in [7, 11) is 0.291. The zero-order chi connectivity index (χ0) is 15.5. The highest BCUT2D eigenvalue weighted by molar-refractivity contribution is 7.86. The summed E-state index contributed by atoms with van der Waals surface area (Å²) in [6.07, 6.45) is 2.76. The Labute approximate surface area is 129 Å². The predicted molar refractivity (Wildman–Crippen MR) is 83.3 cm³/mol. The number of methoxy groups -OCH3 is 1. The first-order valence-corrected chi connectivity index (χ1v) is 9.31. The maximum Gasteiger partial charge on any atom is 0.282 e. The maximum absolute atomic E-state index is 12.8. The molecule has 1 N–H and O–H groups in total. The van der Waals surface area contributed by atoms with E-state index in [1.165, 1.54) is 0 Å². The van der Waals surface area contributed by atoms with E-state index in [1.807, 2.05) is 7.05 Å². The third-order valence-electron chi connectivity index (χ3n) is 4.87. The van der Waals surface area contributed by atoms with Crippen molar-refractivity contribution in [2.24, 2.45) is 11.8 Å². The molecule has 2 rings (SSSR count). The largest absolute Gasteiger partial charge is 0.380 e. The summed E-state index contributed by atoms with van der Waals surface area (Å²) in [5, 5.41) is 3.18. The number of piperidine rings is 2. The molecule has 2 saturated heterocycles. The minimum Gasteiger partial charge on any atom is -0.380 e. The zero-order valence-electron chi connectivity index (χ0n) is 13.4. The van der Waals surface area contributed by atoms with Gasteiger partial charge >= 0.3 is 0 Å². The van der Waals surface area contributed by atoms with Crippen LogP contribution >= 0.6 is 0 Å². The Hall–Kier alpha value is -0.210. The molecule has 6 nitrogen and oxygen atoms in total. The Morgan fingerprint density at radius 2 is 1.76 bits per heavy atom. The molecule has 0 amide bonds. The summed E-state index contributed by atoms with van der Waals surface area (Å²) >= 11 is 0. The Bertz CT molecular complexity index is 421. The molecule has 0 aliphatic carbocycles. The highest BCUT2D eigenvalue weighted by Gasteiger charge is 2.37. The monoisotopic (exact) mass is 319 g/mol. The Balaban J connectivity index is 1.96. The van der Waals surface area contributed by atoms with E-state index in [0.29, 0.717) is 38.0 Å². The first kappa shape index (κ1) is 17.1. The molecule has 2 atom stereocenters. The lowest BCUT2D eigenvalue weighted by Gasteiger charge is -2.39. The normalized spacial score (nSPS) is 30.6. The Morgan fingerprint density at radius 1 is 1.14 bits per heavy atom. The van der Waals surface area contributed by atoms with E-state index < -0.39 is 10.2 Å². The second kappa shape index (κ2) is 7.37. The molecule has 0 spiro atoms. The molecule has 2 unspecified atom stereocenters. The molecular weight excluding hydrogens is 290 g/mol. The van der Waals surface area contributed by atoms with Crippen LogP contribution in [0, 0.1) is 11.8 Å². The fourth-order valence-corrected chi connectivity index (χ4v) is 4.99. The third kappa shape index (κ3) is 3.96. The minimum absolute atomic E-state index is 0.00959. The van der Waals surface area contributed by atoms with Crippen molar-refractivity contribution in [2.45, 2.75) is 32.3 Å². The predicted octanol–water partition coefficient (Wildman–Crippen LogP) is 0.519. The van der Waals surface area contributed by atoms with E-state index in [2.05, 4.69) is 12.2 Å². The molecule has 2 fully saturated rings. The van der Waals surface area contributed by atoms with Gasteiger partial charge in [0.1, 0.15) is 0 Å². The maximum atomic E-state index is 12.8. The van der Waals surface area contributed by atoms with Gasteiger partial charge in [0.2, 0.25) is 0 Å². The van der Waals surface area contributed by atoms with Crippen molar-refractivity contribution >= 4 is 10.2 Å². The molecule has 21 heavy (non-hydrogen) atoms. The highest BCUT2D eigenvalue weighted by atomic mass is 32.2. The van der Waals surface area contributed by atoms with Crippen molar-refractivity contribution < 1.29 is 13.2 Å². The summed E-state index contributed by atoms with van der Waals surface area (Å²) < 4.78 is 34.2. The van der Waals surface area contributed by atoms with Crippen molar-refractivity contribution in [1.29, 1.82) is 0 Å². The highest BCUT2D eigenvalue weighted by Crippen LogP contribution is 2.26.